The second kappa shape index (κ2) is 7.33. The Labute approximate surface area is 130 Å². The predicted octanol–water partition coefficient (Wildman–Crippen LogP) is 0.920. The lowest BCUT2D eigenvalue weighted by Gasteiger charge is -2.34. The molecular weight excluding hydrogens is 290 g/mol. The SMILES string of the molecule is COC(=O)C(C(C)C)N(C)C(=O)N(C)C1CCN(C(=O)O)C1. The molecule has 0 bridgehead atoms. The minimum absolute atomic E-state index is 0.0890. The monoisotopic (exact) mass is 315 g/mol. The molecule has 0 radical (unpaired) electrons. The van der Waals surface area contributed by atoms with E-state index in [4.69, 9.17) is 9.84 Å². The van der Waals surface area contributed by atoms with Crippen molar-refractivity contribution in [1.82, 2.24) is 14.7 Å². The van der Waals surface area contributed by atoms with Crippen LogP contribution in [0.1, 0.15) is 20.3 Å². The van der Waals surface area contributed by atoms with E-state index in [1.807, 2.05) is 13.8 Å². The Morgan fingerprint density at radius 2 is 1.86 bits per heavy atom. The third kappa shape index (κ3) is 3.80. The maximum atomic E-state index is 12.6. The Morgan fingerprint density at radius 1 is 1.27 bits per heavy atom. The molecule has 1 aliphatic rings. The molecule has 22 heavy (non-hydrogen) atoms. The van der Waals surface area contributed by atoms with Crippen LogP contribution in [0.15, 0.2) is 0 Å². The van der Waals surface area contributed by atoms with E-state index in [-0.39, 0.29) is 24.5 Å². The Kier molecular flexibility index (Phi) is 6.01. The van der Waals surface area contributed by atoms with Gasteiger partial charge in [0.25, 0.3) is 0 Å². The quantitative estimate of drug-likeness (QED) is 0.779. The van der Waals surface area contributed by atoms with E-state index >= 15 is 0 Å². The summed E-state index contributed by atoms with van der Waals surface area (Å²) >= 11 is 0. The van der Waals surface area contributed by atoms with Crippen LogP contribution in [0.3, 0.4) is 0 Å². The highest BCUT2D eigenvalue weighted by molar-refractivity contribution is 5.83. The highest BCUT2D eigenvalue weighted by Crippen LogP contribution is 2.18. The lowest BCUT2D eigenvalue weighted by atomic mass is 10.0. The third-order valence-electron chi connectivity index (χ3n) is 4.08. The van der Waals surface area contributed by atoms with Gasteiger partial charge < -0.3 is 24.5 Å². The van der Waals surface area contributed by atoms with Gasteiger partial charge in [-0.05, 0) is 12.3 Å². The van der Waals surface area contributed by atoms with E-state index < -0.39 is 18.1 Å². The largest absolute Gasteiger partial charge is 0.467 e. The summed E-state index contributed by atoms with van der Waals surface area (Å²) in [4.78, 5) is 39.5. The van der Waals surface area contributed by atoms with Crippen LogP contribution in [-0.4, -0.2) is 84.3 Å². The number of hydrogen-bond donors (Lipinski definition) is 1. The van der Waals surface area contributed by atoms with Crippen LogP contribution < -0.4 is 0 Å². The van der Waals surface area contributed by atoms with Crippen LogP contribution in [0.2, 0.25) is 0 Å². The van der Waals surface area contributed by atoms with Crippen molar-refractivity contribution in [2.75, 3.05) is 34.3 Å². The molecule has 3 amide bonds. The van der Waals surface area contributed by atoms with E-state index in [0.717, 1.165) is 0 Å². The summed E-state index contributed by atoms with van der Waals surface area (Å²) in [5, 5.41) is 8.98. The molecule has 0 aromatic carbocycles. The van der Waals surface area contributed by atoms with Gasteiger partial charge >= 0.3 is 18.1 Å². The van der Waals surface area contributed by atoms with Crippen molar-refractivity contribution >= 4 is 18.1 Å². The minimum atomic E-state index is -0.980. The molecule has 0 aromatic heterocycles. The number of rotatable bonds is 4. The number of hydrogen-bond acceptors (Lipinski definition) is 4. The molecule has 1 N–H and O–H groups in total. The molecule has 1 saturated heterocycles. The van der Waals surface area contributed by atoms with Gasteiger partial charge in [-0.2, -0.15) is 0 Å². The molecule has 0 aliphatic carbocycles. The van der Waals surface area contributed by atoms with Gasteiger partial charge in [-0.1, -0.05) is 13.8 Å². The molecule has 2 atom stereocenters. The molecule has 0 spiro atoms. The van der Waals surface area contributed by atoms with Crippen LogP contribution in [0.5, 0.6) is 0 Å². The summed E-state index contributed by atoms with van der Waals surface area (Å²) in [6, 6.07) is -1.17. The Morgan fingerprint density at radius 3 is 2.27 bits per heavy atom. The second-order valence-electron chi connectivity index (χ2n) is 5.89. The number of methoxy groups -OCH3 is 1. The van der Waals surface area contributed by atoms with Crippen LogP contribution in [0, 0.1) is 5.92 Å². The Balaban J connectivity index is 2.77. The number of urea groups is 1. The number of esters is 1. The van der Waals surface area contributed by atoms with Crippen molar-refractivity contribution < 1.29 is 24.2 Å². The molecule has 8 heteroatoms. The molecule has 1 heterocycles. The zero-order valence-electron chi connectivity index (χ0n) is 13.8. The highest BCUT2D eigenvalue weighted by Gasteiger charge is 2.36. The van der Waals surface area contributed by atoms with E-state index in [1.165, 1.54) is 21.8 Å². The lowest BCUT2D eigenvalue weighted by molar-refractivity contribution is -0.147. The molecule has 1 aliphatic heterocycles. The summed E-state index contributed by atoms with van der Waals surface area (Å²) in [5.41, 5.74) is 0. The van der Waals surface area contributed by atoms with Gasteiger partial charge in [-0.25, -0.2) is 14.4 Å². The van der Waals surface area contributed by atoms with Crippen LogP contribution in [0.4, 0.5) is 9.59 Å². The number of carbonyl (C=O) groups excluding carboxylic acids is 2. The van der Waals surface area contributed by atoms with Gasteiger partial charge in [0.05, 0.1) is 13.2 Å². The van der Waals surface area contributed by atoms with E-state index in [0.29, 0.717) is 13.0 Å². The predicted molar refractivity (Wildman–Crippen MR) is 79.6 cm³/mol. The molecule has 126 valence electrons. The number of likely N-dealkylation sites (N-methyl/N-ethyl adjacent to an activating group) is 2. The molecule has 1 fully saturated rings. The first-order valence-corrected chi connectivity index (χ1v) is 7.26. The third-order valence-corrected chi connectivity index (χ3v) is 4.08. The fourth-order valence-corrected chi connectivity index (χ4v) is 2.75. The first-order valence-electron chi connectivity index (χ1n) is 7.26. The van der Waals surface area contributed by atoms with Crippen molar-refractivity contribution in [3.8, 4) is 0 Å². The number of carbonyl (C=O) groups is 3. The normalized spacial score (nSPS) is 19.0. The van der Waals surface area contributed by atoms with Gasteiger partial charge in [0.2, 0.25) is 0 Å². The zero-order chi connectivity index (χ0) is 17.0. The fraction of sp³-hybridized carbons (Fsp3) is 0.786. The topological polar surface area (TPSA) is 90.4 Å². The van der Waals surface area contributed by atoms with Crippen LogP contribution in [0.25, 0.3) is 0 Å². The molecule has 0 saturated carbocycles. The molecule has 0 aromatic rings. The van der Waals surface area contributed by atoms with Crippen molar-refractivity contribution in [2.45, 2.75) is 32.4 Å². The Bertz CT molecular complexity index is 440. The molecule has 8 nitrogen and oxygen atoms in total. The number of carboxylic acid groups (broad SMARTS) is 1. The molecule has 1 rings (SSSR count). The minimum Gasteiger partial charge on any atom is -0.467 e. The highest BCUT2D eigenvalue weighted by atomic mass is 16.5. The zero-order valence-corrected chi connectivity index (χ0v) is 13.8. The standard InChI is InChI=1S/C14H25N3O5/c1-9(2)11(12(18)22-5)16(4)13(19)15(3)10-6-7-17(8-10)14(20)21/h9-11H,6-8H2,1-5H3,(H,20,21). The number of amides is 3. The van der Waals surface area contributed by atoms with E-state index in [2.05, 4.69) is 0 Å². The van der Waals surface area contributed by atoms with Gasteiger partial charge in [-0.15, -0.1) is 0 Å². The lowest BCUT2D eigenvalue weighted by Crippen LogP contribution is -2.53. The number of ether oxygens (including phenoxy) is 1. The maximum Gasteiger partial charge on any atom is 0.407 e. The van der Waals surface area contributed by atoms with Crippen molar-refractivity contribution in [1.29, 1.82) is 0 Å². The molecule has 2 unspecified atom stereocenters. The van der Waals surface area contributed by atoms with Gasteiger partial charge in [-0.3, -0.25) is 0 Å². The van der Waals surface area contributed by atoms with Gasteiger partial charge in [0.1, 0.15) is 6.04 Å². The molecular formula is C14H25N3O5. The van der Waals surface area contributed by atoms with E-state index in [1.54, 1.807) is 14.1 Å². The second-order valence-corrected chi connectivity index (χ2v) is 5.89. The van der Waals surface area contributed by atoms with Crippen LogP contribution >= 0.6 is 0 Å². The Hall–Kier alpha value is -1.99. The summed E-state index contributed by atoms with van der Waals surface area (Å²) in [5.74, 6) is -0.549. The smallest absolute Gasteiger partial charge is 0.407 e. The average Bonchev–Trinajstić information content (AvgIpc) is 2.95. The van der Waals surface area contributed by atoms with Gasteiger partial charge in [0, 0.05) is 27.2 Å². The maximum absolute atomic E-state index is 12.6. The van der Waals surface area contributed by atoms with Crippen molar-refractivity contribution in [2.24, 2.45) is 5.92 Å². The summed E-state index contributed by atoms with van der Waals surface area (Å²) in [7, 11) is 4.48. The first kappa shape index (κ1) is 18.1. The van der Waals surface area contributed by atoms with E-state index in [9.17, 15) is 14.4 Å². The summed E-state index contributed by atoms with van der Waals surface area (Å²) in [6.07, 6.45) is -0.390. The van der Waals surface area contributed by atoms with Gasteiger partial charge in [0.15, 0.2) is 0 Å². The first-order chi connectivity index (χ1) is 10.2. The average molecular weight is 315 g/mol. The van der Waals surface area contributed by atoms with Crippen molar-refractivity contribution in [3.05, 3.63) is 0 Å². The summed E-state index contributed by atoms with van der Waals surface area (Å²) in [6.45, 7) is 4.38. The van der Waals surface area contributed by atoms with Crippen molar-refractivity contribution in [3.63, 3.8) is 0 Å². The number of likely N-dealkylation sites (tertiary alicyclic amines) is 1. The number of nitrogens with zero attached hydrogens (tertiary/aromatic N) is 3. The fourth-order valence-electron chi connectivity index (χ4n) is 2.75. The van der Waals surface area contributed by atoms with Crippen LogP contribution in [-0.2, 0) is 9.53 Å². The summed E-state index contributed by atoms with van der Waals surface area (Å²) < 4.78 is 4.76.